The maximum Gasteiger partial charge on any atom is 0.120 e. The van der Waals surface area contributed by atoms with Crippen molar-refractivity contribution in [3.05, 3.63) is 54.6 Å². The Morgan fingerprint density at radius 3 is 2.20 bits per heavy atom. The van der Waals surface area contributed by atoms with Crippen molar-refractivity contribution >= 4 is 0 Å². The summed E-state index contributed by atoms with van der Waals surface area (Å²) >= 11 is 0. The smallest absolute Gasteiger partial charge is 0.120 e. The molecule has 0 radical (unpaired) electrons. The Bertz CT molecular complexity index is 346. The molecule has 4 heteroatoms. The third-order valence-corrected chi connectivity index (χ3v) is 1.75. The minimum atomic E-state index is 0.0139. The van der Waals surface area contributed by atoms with Crippen LogP contribution in [0.25, 0.3) is 0 Å². The summed E-state index contributed by atoms with van der Waals surface area (Å²) in [6, 6.07) is 9.52. The van der Waals surface area contributed by atoms with Crippen molar-refractivity contribution in [2.24, 2.45) is 0 Å². The van der Waals surface area contributed by atoms with E-state index in [-0.39, 0.29) is 13.3 Å². The van der Waals surface area contributed by atoms with E-state index < -0.39 is 0 Å². The van der Waals surface area contributed by atoms with Gasteiger partial charge < -0.3 is 14.8 Å². The van der Waals surface area contributed by atoms with Crippen LogP contribution < -0.4 is 0 Å². The zero-order valence-electron chi connectivity index (χ0n) is 8.32. The predicted octanol–water partition coefficient (Wildman–Crippen LogP) is 1.01. The van der Waals surface area contributed by atoms with Gasteiger partial charge in [-0.25, -0.2) is 4.98 Å². The Labute approximate surface area is 88.5 Å². The maximum atomic E-state index is 8.54. The largest absolute Gasteiger partial charge is 0.392 e. The van der Waals surface area contributed by atoms with Crippen LogP contribution in [0.4, 0.5) is 0 Å². The van der Waals surface area contributed by atoms with Crippen molar-refractivity contribution < 1.29 is 10.2 Å². The molecule has 0 bridgehead atoms. The number of benzene rings is 1. The van der Waals surface area contributed by atoms with E-state index in [1.165, 1.54) is 0 Å². The first-order valence-corrected chi connectivity index (χ1v) is 4.58. The van der Waals surface area contributed by atoms with Crippen molar-refractivity contribution in [2.75, 3.05) is 0 Å². The molecule has 2 N–H and O–H groups in total. The molecule has 0 saturated carbocycles. The molecule has 0 aliphatic rings. The Kier molecular flexibility index (Phi) is 5.14. The van der Waals surface area contributed by atoms with E-state index in [0.29, 0.717) is 0 Å². The van der Waals surface area contributed by atoms with Gasteiger partial charge >= 0.3 is 0 Å². The van der Waals surface area contributed by atoms with Crippen LogP contribution in [0, 0.1) is 0 Å². The molecule has 1 aromatic carbocycles. The minimum absolute atomic E-state index is 0.0139. The number of aliphatic hydroxyl groups excluding tert-OH is 2. The minimum Gasteiger partial charge on any atom is -0.392 e. The van der Waals surface area contributed by atoms with Crippen molar-refractivity contribution in [1.29, 1.82) is 0 Å². The van der Waals surface area contributed by atoms with Crippen molar-refractivity contribution in [3.8, 4) is 0 Å². The van der Waals surface area contributed by atoms with Gasteiger partial charge in [-0.05, 0) is 5.56 Å². The second-order valence-corrected chi connectivity index (χ2v) is 2.86. The summed E-state index contributed by atoms with van der Waals surface area (Å²) in [6.45, 7) is 0.154. The number of aromatic nitrogens is 2. The zero-order valence-corrected chi connectivity index (χ0v) is 8.32. The molecule has 80 valence electrons. The molecule has 1 aromatic heterocycles. The summed E-state index contributed by atoms with van der Waals surface area (Å²) in [5.74, 6) is 0. The highest BCUT2D eigenvalue weighted by atomic mass is 16.3. The zero-order chi connectivity index (χ0) is 10.9. The lowest BCUT2D eigenvalue weighted by molar-refractivity contribution is 0.210. The highest BCUT2D eigenvalue weighted by Gasteiger charge is 1.81. The predicted molar refractivity (Wildman–Crippen MR) is 56.8 cm³/mol. The van der Waals surface area contributed by atoms with E-state index in [9.17, 15) is 0 Å². The van der Waals surface area contributed by atoms with Gasteiger partial charge in [0.1, 0.15) is 6.73 Å². The molecular formula is C11H14N2O2. The van der Waals surface area contributed by atoms with Gasteiger partial charge in [0.2, 0.25) is 0 Å². The second kappa shape index (κ2) is 6.75. The first kappa shape index (κ1) is 11.4. The van der Waals surface area contributed by atoms with Gasteiger partial charge in [-0.15, -0.1) is 0 Å². The number of rotatable bonds is 2. The first-order chi connectivity index (χ1) is 7.36. The summed E-state index contributed by atoms with van der Waals surface area (Å²) in [5.41, 5.74) is 0.965. The summed E-state index contributed by atoms with van der Waals surface area (Å²) in [5, 5.41) is 16.9. The van der Waals surface area contributed by atoms with Crippen LogP contribution in [-0.4, -0.2) is 19.8 Å². The molecule has 0 fully saturated rings. The molecule has 15 heavy (non-hydrogen) atoms. The monoisotopic (exact) mass is 206 g/mol. The molecule has 0 saturated heterocycles. The second-order valence-electron chi connectivity index (χ2n) is 2.86. The van der Waals surface area contributed by atoms with Gasteiger partial charge in [-0.1, -0.05) is 30.3 Å². The molecule has 0 aliphatic heterocycles. The van der Waals surface area contributed by atoms with Crippen LogP contribution in [0.15, 0.2) is 49.1 Å². The van der Waals surface area contributed by atoms with Crippen LogP contribution in [0.5, 0.6) is 0 Å². The average molecular weight is 206 g/mol. The average Bonchev–Trinajstić information content (AvgIpc) is 2.84. The maximum absolute atomic E-state index is 8.54. The number of nitrogens with zero attached hydrogens (tertiary/aromatic N) is 2. The first-order valence-electron chi connectivity index (χ1n) is 4.58. The van der Waals surface area contributed by atoms with Crippen LogP contribution in [0.2, 0.25) is 0 Å². The Hall–Kier alpha value is -1.65. The third kappa shape index (κ3) is 4.39. The van der Waals surface area contributed by atoms with Gasteiger partial charge in [-0.3, -0.25) is 0 Å². The highest BCUT2D eigenvalue weighted by molar-refractivity contribution is 5.12. The molecule has 0 amide bonds. The van der Waals surface area contributed by atoms with Gasteiger partial charge in [0.25, 0.3) is 0 Å². The van der Waals surface area contributed by atoms with Crippen molar-refractivity contribution in [2.45, 2.75) is 13.3 Å². The van der Waals surface area contributed by atoms with Gasteiger partial charge in [0, 0.05) is 12.4 Å². The quantitative estimate of drug-likeness (QED) is 0.771. The van der Waals surface area contributed by atoms with E-state index in [4.69, 9.17) is 10.2 Å². The lowest BCUT2D eigenvalue weighted by atomic mass is 10.2. The highest BCUT2D eigenvalue weighted by Crippen LogP contribution is 1.95. The van der Waals surface area contributed by atoms with Crippen LogP contribution in [0.1, 0.15) is 5.56 Å². The Balaban J connectivity index is 0.000000151. The van der Waals surface area contributed by atoms with E-state index in [1.807, 2.05) is 30.3 Å². The Morgan fingerprint density at radius 1 is 1.13 bits per heavy atom. The van der Waals surface area contributed by atoms with Gasteiger partial charge in [0.15, 0.2) is 0 Å². The summed E-state index contributed by atoms with van der Waals surface area (Å²) in [4.78, 5) is 3.70. The normalized spacial score (nSPS) is 9.20. The van der Waals surface area contributed by atoms with Crippen molar-refractivity contribution in [1.82, 2.24) is 9.55 Å². The topological polar surface area (TPSA) is 58.3 Å². The molecular weight excluding hydrogens is 192 g/mol. The molecule has 0 aliphatic carbocycles. The van der Waals surface area contributed by atoms with Crippen LogP contribution in [-0.2, 0) is 13.3 Å². The number of hydrogen-bond donors (Lipinski definition) is 2. The standard InChI is InChI=1S/C7H8O.C4H6N2O/c8-6-7-4-2-1-3-5-7;7-4-6-2-1-5-3-6/h1-5,8H,6H2;1-3,7H,4H2. The number of hydrogen-bond acceptors (Lipinski definition) is 3. The lowest BCUT2D eigenvalue weighted by Crippen LogP contribution is -1.89. The van der Waals surface area contributed by atoms with E-state index in [0.717, 1.165) is 5.56 Å². The summed E-state index contributed by atoms with van der Waals surface area (Å²) < 4.78 is 1.57. The molecule has 4 nitrogen and oxygen atoms in total. The molecule has 1 heterocycles. The Morgan fingerprint density at radius 2 is 1.87 bits per heavy atom. The fourth-order valence-corrected chi connectivity index (χ4v) is 0.954. The fourth-order valence-electron chi connectivity index (χ4n) is 0.954. The van der Waals surface area contributed by atoms with E-state index in [2.05, 4.69) is 4.98 Å². The van der Waals surface area contributed by atoms with Gasteiger partial charge in [0.05, 0.1) is 12.9 Å². The number of imidazole rings is 1. The molecule has 0 atom stereocenters. The molecule has 0 unspecified atom stereocenters. The SMILES string of the molecule is OCc1ccccc1.OCn1ccnc1. The van der Waals surface area contributed by atoms with Crippen LogP contribution >= 0.6 is 0 Å². The third-order valence-electron chi connectivity index (χ3n) is 1.75. The lowest BCUT2D eigenvalue weighted by Gasteiger charge is -1.89. The van der Waals surface area contributed by atoms with Gasteiger partial charge in [-0.2, -0.15) is 0 Å². The van der Waals surface area contributed by atoms with E-state index >= 15 is 0 Å². The van der Waals surface area contributed by atoms with Crippen LogP contribution in [0.3, 0.4) is 0 Å². The fraction of sp³-hybridized carbons (Fsp3) is 0.182. The summed E-state index contributed by atoms with van der Waals surface area (Å²) in [7, 11) is 0. The summed E-state index contributed by atoms with van der Waals surface area (Å²) in [6.07, 6.45) is 4.87. The van der Waals surface area contributed by atoms with E-state index in [1.54, 1.807) is 23.3 Å². The molecule has 0 spiro atoms. The molecule has 2 rings (SSSR count). The number of aliphatic hydroxyl groups is 2. The molecule has 2 aromatic rings. The van der Waals surface area contributed by atoms with Crippen molar-refractivity contribution in [3.63, 3.8) is 0 Å².